The van der Waals surface area contributed by atoms with Gasteiger partial charge < -0.3 is 19.6 Å². The predicted molar refractivity (Wildman–Crippen MR) is 56.2 cm³/mol. The zero-order valence-corrected chi connectivity index (χ0v) is 8.32. The van der Waals surface area contributed by atoms with E-state index in [9.17, 15) is 4.79 Å². The van der Waals surface area contributed by atoms with Crippen LogP contribution in [0.3, 0.4) is 0 Å². The third-order valence-electron chi connectivity index (χ3n) is 2.53. The summed E-state index contributed by atoms with van der Waals surface area (Å²) in [5.41, 5.74) is 0.826. The third-order valence-corrected chi connectivity index (χ3v) is 2.53. The van der Waals surface area contributed by atoms with Gasteiger partial charge in [-0.2, -0.15) is 0 Å². The molecule has 2 heterocycles. The SMILES string of the molecule is O=C(O)c1cc2ccc3c(c2[nH]1)OCCO3. The van der Waals surface area contributed by atoms with Gasteiger partial charge in [0, 0.05) is 5.39 Å². The van der Waals surface area contributed by atoms with Crippen molar-refractivity contribution in [3.05, 3.63) is 23.9 Å². The second kappa shape index (κ2) is 3.16. The van der Waals surface area contributed by atoms with E-state index in [0.717, 1.165) is 5.39 Å². The molecule has 1 aliphatic heterocycles. The highest BCUT2D eigenvalue weighted by Crippen LogP contribution is 2.37. The first-order valence-corrected chi connectivity index (χ1v) is 4.90. The summed E-state index contributed by atoms with van der Waals surface area (Å²) in [6, 6.07) is 5.18. The molecule has 82 valence electrons. The summed E-state index contributed by atoms with van der Waals surface area (Å²) >= 11 is 0. The maximum atomic E-state index is 10.8. The molecular formula is C11H9NO4. The average Bonchev–Trinajstić information content (AvgIpc) is 2.73. The van der Waals surface area contributed by atoms with Crippen LogP contribution < -0.4 is 9.47 Å². The summed E-state index contributed by atoms with van der Waals surface area (Å²) in [5, 5.41) is 9.69. The van der Waals surface area contributed by atoms with Gasteiger partial charge >= 0.3 is 5.97 Å². The van der Waals surface area contributed by atoms with Crippen molar-refractivity contribution in [3.8, 4) is 11.5 Å². The zero-order chi connectivity index (χ0) is 11.1. The van der Waals surface area contributed by atoms with Crippen molar-refractivity contribution in [2.24, 2.45) is 0 Å². The first-order chi connectivity index (χ1) is 7.75. The van der Waals surface area contributed by atoms with Crippen molar-refractivity contribution in [1.29, 1.82) is 0 Å². The fraction of sp³-hybridized carbons (Fsp3) is 0.182. The smallest absolute Gasteiger partial charge is 0.352 e. The third kappa shape index (κ3) is 1.21. The van der Waals surface area contributed by atoms with E-state index in [1.165, 1.54) is 0 Å². The number of carbonyl (C=O) groups is 1. The average molecular weight is 219 g/mol. The molecule has 0 saturated heterocycles. The Morgan fingerprint density at radius 1 is 1.31 bits per heavy atom. The lowest BCUT2D eigenvalue weighted by molar-refractivity contribution is 0.0691. The van der Waals surface area contributed by atoms with Gasteiger partial charge in [0.15, 0.2) is 11.5 Å². The van der Waals surface area contributed by atoms with Gasteiger partial charge in [0.25, 0.3) is 0 Å². The fourth-order valence-corrected chi connectivity index (χ4v) is 1.82. The number of benzene rings is 1. The summed E-state index contributed by atoms with van der Waals surface area (Å²) in [4.78, 5) is 13.7. The van der Waals surface area contributed by atoms with Crippen LogP contribution >= 0.6 is 0 Å². The van der Waals surface area contributed by atoms with Crippen molar-refractivity contribution in [1.82, 2.24) is 4.98 Å². The van der Waals surface area contributed by atoms with E-state index in [1.807, 2.05) is 6.07 Å². The number of aromatic nitrogens is 1. The normalized spacial score (nSPS) is 14.0. The molecule has 0 aliphatic carbocycles. The van der Waals surface area contributed by atoms with Gasteiger partial charge in [-0.1, -0.05) is 0 Å². The van der Waals surface area contributed by atoms with Crippen molar-refractivity contribution in [2.45, 2.75) is 0 Å². The van der Waals surface area contributed by atoms with Crippen LogP contribution in [0.1, 0.15) is 10.5 Å². The van der Waals surface area contributed by atoms with E-state index in [2.05, 4.69) is 4.98 Å². The number of fused-ring (bicyclic) bond motifs is 3. The minimum Gasteiger partial charge on any atom is -0.486 e. The van der Waals surface area contributed by atoms with Crippen molar-refractivity contribution in [2.75, 3.05) is 13.2 Å². The molecule has 16 heavy (non-hydrogen) atoms. The van der Waals surface area contributed by atoms with E-state index < -0.39 is 5.97 Å². The van der Waals surface area contributed by atoms with E-state index in [0.29, 0.717) is 30.2 Å². The van der Waals surface area contributed by atoms with Gasteiger partial charge in [-0.15, -0.1) is 0 Å². The molecule has 0 fully saturated rings. The van der Waals surface area contributed by atoms with Crippen LogP contribution in [0.4, 0.5) is 0 Å². The monoisotopic (exact) mass is 219 g/mol. The molecule has 0 radical (unpaired) electrons. The minimum atomic E-state index is -0.985. The molecule has 0 spiro atoms. The van der Waals surface area contributed by atoms with Gasteiger partial charge in [-0.25, -0.2) is 4.79 Å². The van der Waals surface area contributed by atoms with Gasteiger partial charge in [0.05, 0.1) is 5.52 Å². The fourth-order valence-electron chi connectivity index (χ4n) is 1.82. The Labute approximate surface area is 90.6 Å². The van der Waals surface area contributed by atoms with E-state index >= 15 is 0 Å². The Balaban J connectivity index is 2.26. The number of carboxylic acid groups (broad SMARTS) is 1. The van der Waals surface area contributed by atoms with E-state index in [4.69, 9.17) is 14.6 Å². The van der Waals surface area contributed by atoms with Crippen molar-refractivity contribution < 1.29 is 19.4 Å². The maximum absolute atomic E-state index is 10.8. The highest BCUT2D eigenvalue weighted by molar-refractivity contribution is 5.96. The molecule has 1 aromatic heterocycles. The Morgan fingerprint density at radius 2 is 2.12 bits per heavy atom. The lowest BCUT2D eigenvalue weighted by Gasteiger charge is -2.18. The summed E-state index contributed by atoms with van der Waals surface area (Å²) in [7, 11) is 0. The summed E-state index contributed by atoms with van der Waals surface area (Å²) in [5.74, 6) is 0.260. The molecule has 0 atom stereocenters. The molecule has 1 aliphatic rings. The molecular weight excluding hydrogens is 210 g/mol. The molecule has 2 N–H and O–H groups in total. The van der Waals surface area contributed by atoms with E-state index in [1.54, 1.807) is 12.1 Å². The van der Waals surface area contributed by atoms with Crippen LogP contribution in [-0.2, 0) is 0 Å². The van der Waals surface area contributed by atoms with Crippen molar-refractivity contribution in [3.63, 3.8) is 0 Å². The highest BCUT2D eigenvalue weighted by atomic mass is 16.6. The topological polar surface area (TPSA) is 71.5 Å². The standard InChI is InChI=1S/C11H9NO4/c13-11(14)7-5-6-1-2-8-10(9(6)12-7)16-4-3-15-8/h1-2,5,12H,3-4H2,(H,13,14). The molecule has 0 bridgehead atoms. The number of rotatable bonds is 1. The molecule has 1 aromatic carbocycles. The number of nitrogens with one attached hydrogen (secondary N) is 1. The Bertz CT molecular complexity index is 573. The van der Waals surface area contributed by atoms with Crippen LogP contribution in [0.15, 0.2) is 18.2 Å². The van der Waals surface area contributed by atoms with Gasteiger partial charge in [0.2, 0.25) is 0 Å². The van der Waals surface area contributed by atoms with E-state index in [-0.39, 0.29) is 5.69 Å². The second-order valence-corrected chi connectivity index (χ2v) is 3.54. The van der Waals surface area contributed by atoms with Crippen LogP contribution in [-0.4, -0.2) is 29.3 Å². The number of hydrogen-bond acceptors (Lipinski definition) is 3. The number of aromatic carboxylic acids is 1. The first kappa shape index (κ1) is 9.08. The van der Waals surface area contributed by atoms with Gasteiger partial charge in [-0.3, -0.25) is 0 Å². The maximum Gasteiger partial charge on any atom is 0.352 e. The number of carboxylic acids is 1. The first-order valence-electron chi connectivity index (χ1n) is 4.90. The zero-order valence-electron chi connectivity index (χ0n) is 8.32. The lowest BCUT2D eigenvalue weighted by atomic mass is 10.2. The molecule has 5 heteroatoms. The quantitative estimate of drug-likeness (QED) is 0.764. The molecule has 2 aromatic rings. The second-order valence-electron chi connectivity index (χ2n) is 3.54. The molecule has 5 nitrogen and oxygen atoms in total. The van der Waals surface area contributed by atoms with Crippen LogP contribution in [0.25, 0.3) is 10.9 Å². The molecule has 0 saturated carbocycles. The van der Waals surface area contributed by atoms with Crippen LogP contribution in [0, 0.1) is 0 Å². The Kier molecular flexibility index (Phi) is 1.80. The number of aromatic amines is 1. The predicted octanol–water partition coefficient (Wildman–Crippen LogP) is 1.64. The Hall–Kier alpha value is -2.17. The van der Waals surface area contributed by atoms with Crippen molar-refractivity contribution >= 4 is 16.9 Å². The Morgan fingerprint density at radius 3 is 2.94 bits per heavy atom. The van der Waals surface area contributed by atoms with Crippen LogP contribution in [0.2, 0.25) is 0 Å². The largest absolute Gasteiger partial charge is 0.486 e. The molecule has 0 unspecified atom stereocenters. The molecule has 3 rings (SSSR count). The van der Waals surface area contributed by atoms with Gasteiger partial charge in [-0.05, 0) is 18.2 Å². The van der Waals surface area contributed by atoms with Gasteiger partial charge in [0.1, 0.15) is 18.9 Å². The summed E-state index contributed by atoms with van der Waals surface area (Å²) in [6.45, 7) is 0.999. The lowest BCUT2D eigenvalue weighted by Crippen LogP contribution is -2.15. The van der Waals surface area contributed by atoms with Crippen LogP contribution in [0.5, 0.6) is 11.5 Å². The number of hydrogen-bond donors (Lipinski definition) is 2. The highest BCUT2D eigenvalue weighted by Gasteiger charge is 2.18. The summed E-state index contributed by atoms with van der Waals surface area (Å²) in [6.07, 6.45) is 0. The molecule has 0 amide bonds. The minimum absolute atomic E-state index is 0.151. The number of ether oxygens (including phenoxy) is 2. The summed E-state index contributed by atoms with van der Waals surface area (Å²) < 4.78 is 10.9. The number of H-pyrrole nitrogens is 1.